The van der Waals surface area contributed by atoms with E-state index in [4.69, 9.17) is 9.84 Å². The lowest BCUT2D eigenvalue weighted by molar-refractivity contribution is 0.0696. The Morgan fingerprint density at radius 2 is 1.59 bits per heavy atom. The van der Waals surface area contributed by atoms with Gasteiger partial charge in [-0.25, -0.2) is 9.18 Å². The first-order valence-corrected chi connectivity index (χ1v) is 13.2. The maximum absolute atomic E-state index is 13.8. The van der Waals surface area contributed by atoms with Crippen molar-refractivity contribution in [1.82, 2.24) is 14.8 Å². The molecule has 7 heteroatoms. The molecule has 0 spiro atoms. The zero-order valence-corrected chi connectivity index (χ0v) is 23.9. The Balaban J connectivity index is 0.000000440. The molecule has 3 aromatic rings. The molecular formula is C30H46FN3O3. The van der Waals surface area contributed by atoms with E-state index in [0.717, 1.165) is 38.5 Å². The van der Waals surface area contributed by atoms with Crippen LogP contribution in [-0.2, 0) is 6.54 Å². The molecular weight excluding hydrogens is 469 g/mol. The van der Waals surface area contributed by atoms with Crippen LogP contribution < -0.4 is 4.74 Å². The second-order valence-corrected chi connectivity index (χ2v) is 9.08. The third-order valence-electron chi connectivity index (χ3n) is 5.80. The molecule has 1 fully saturated rings. The number of benzene rings is 2. The molecule has 1 aliphatic heterocycles. The third-order valence-corrected chi connectivity index (χ3v) is 5.80. The molecule has 1 aliphatic rings. The minimum atomic E-state index is -1.13. The molecule has 0 radical (unpaired) electrons. The van der Waals surface area contributed by atoms with Crippen LogP contribution in [0.2, 0.25) is 0 Å². The van der Waals surface area contributed by atoms with Gasteiger partial charge in [0.1, 0.15) is 11.4 Å². The molecule has 0 bridgehead atoms. The number of nitrogens with zero attached hydrogens (tertiary/aromatic N) is 2. The number of rotatable bonds is 6. The lowest BCUT2D eigenvalue weighted by atomic mass is 10.0. The van der Waals surface area contributed by atoms with Crippen LogP contribution in [0.3, 0.4) is 0 Å². The predicted molar refractivity (Wildman–Crippen MR) is 153 cm³/mol. The summed E-state index contributed by atoms with van der Waals surface area (Å²) < 4.78 is 19.4. The van der Waals surface area contributed by atoms with Crippen molar-refractivity contribution < 1.29 is 19.0 Å². The molecule has 1 aromatic heterocycles. The smallest absolute Gasteiger partial charge is 0.335 e. The van der Waals surface area contributed by atoms with E-state index in [1.54, 1.807) is 51.3 Å². The first kappa shape index (κ1) is 32.1. The van der Waals surface area contributed by atoms with Gasteiger partial charge >= 0.3 is 5.97 Å². The van der Waals surface area contributed by atoms with Gasteiger partial charge in [0.2, 0.25) is 0 Å². The summed E-state index contributed by atoms with van der Waals surface area (Å²) in [6, 6.07) is 12.5. The number of aromatic carboxylic acids is 1. The van der Waals surface area contributed by atoms with Crippen molar-refractivity contribution in [2.45, 2.75) is 60.7 Å². The molecule has 0 saturated carbocycles. The molecule has 0 atom stereocenters. The number of halogens is 1. The summed E-state index contributed by atoms with van der Waals surface area (Å²) in [6.45, 7) is 18.5. The highest BCUT2D eigenvalue weighted by Gasteiger charge is 2.25. The van der Waals surface area contributed by atoms with Crippen molar-refractivity contribution in [2.75, 3.05) is 39.8 Å². The number of carboxylic acids is 1. The summed E-state index contributed by atoms with van der Waals surface area (Å²) in [6.07, 6.45) is 1.99. The highest BCUT2D eigenvalue weighted by molar-refractivity contribution is 5.88. The number of H-pyrrole nitrogens is 1. The number of alkyl halides is 1. The van der Waals surface area contributed by atoms with E-state index < -0.39 is 11.6 Å². The van der Waals surface area contributed by atoms with Gasteiger partial charge in [-0.15, -0.1) is 0 Å². The Morgan fingerprint density at radius 1 is 1.03 bits per heavy atom. The predicted octanol–water partition coefficient (Wildman–Crippen LogP) is 6.79. The zero-order chi connectivity index (χ0) is 28.0. The highest BCUT2D eigenvalue weighted by Crippen LogP contribution is 2.31. The summed E-state index contributed by atoms with van der Waals surface area (Å²) in [5, 5.41) is 9.62. The van der Waals surface area contributed by atoms with Gasteiger partial charge in [0.25, 0.3) is 0 Å². The van der Waals surface area contributed by atoms with Crippen molar-refractivity contribution in [2.24, 2.45) is 0 Å². The zero-order valence-electron chi connectivity index (χ0n) is 23.9. The topological polar surface area (TPSA) is 68.8 Å². The third kappa shape index (κ3) is 10.2. The molecule has 4 rings (SSSR count). The van der Waals surface area contributed by atoms with Crippen LogP contribution >= 0.6 is 0 Å². The van der Waals surface area contributed by atoms with Gasteiger partial charge in [0.05, 0.1) is 12.7 Å². The van der Waals surface area contributed by atoms with Crippen molar-refractivity contribution in [1.29, 1.82) is 0 Å². The van der Waals surface area contributed by atoms with E-state index in [2.05, 4.69) is 33.8 Å². The Hall–Kier alpha value is -2.90. The Kier molecular flexibility index (Phi) is 13.9. The summed E-state index contributed by atoms with van der Waals surface area (Å²) >= 11 is 0. The maximum Gasteiger partial charge on any atom is 0.335 e. The van der Waals surface area contributed by atoms with Gasteiger partial charge in [-0.1, -0.05) is 45.9 Å². The number of carboxylic acid groups (broad SMARTS) is 1. The van der Waals surface area contributed by atoms with Gasteiger partial charge in [0, 0.05) is 61.9 Å². The fraction of sp³-hybridized carbons (Fsp3) is 0.500. The number of nitrogens with one attached hydrogen (secondary N) is 1. The van der Waals surface area contributed by atoms with Crippen molar-refractivity contribution in [3.63, 3.8) is 0 Å². The summed E-state index contributed by atoms with van der Waals surface area (Å²) in [4.78, 5) is 18.2. The summed E-state index contributed by atoms with van der Waals surface area (Å²) in [5.41, 5.74) is 2.82. The molecule has 2 aromatic carbocycles. The normalized spacial score (nSPS) is 13.9. The number of aryl methyl sites for hydroxylation is 1. The lowest BCUT2D eigenvalue weighted by Crippen LogP contribution is -2.49. The number of aromatic nitrogens is 1. The van der Waals surface area contributed by atoms with Crippen LogP contribution in [0.1, 0.15) is 63.0 Å². The molecule has 6 nitrogen and oxygen atoms in total. The van der Waals surface area contributed by atoms with E-state index in [1.165, 1.54) is 22.0 Å². The largest absolute Gasteiger partial charge is 0.496 e. The van der Waals surface area contributed by atoms with Crippen LogP contribution in [0.25, 0.3) is 10.9 Å². The highest BCUT2D eigenvalue weighted by atomic mass is 19.1. The van der Waals surface area contributed by atoms with Crippen molar-refractivity contribution in [3.05, 3.63) is 65.4 Å². The molecule has 0 amide bonds. The molecule has 0 aliphatic carbocycles. The average molecular weight is 516 g/mol. The second-order valence-electron chi connectivity index (χ2n) is 9.08. The van der Waals surface area contributed by atoms with Gasteiger partial charge in [-0.3, -0.25) is 9.80 Å². The van der Waals surface area contributed by atoms with Crippen LogP contribution in [0.4, 0.5) is 4.39 Å². The van der Waals surface area contributed by atoms with Gasteiger partial charge in [-0.2, -0.15) is 0 Å². The van der Waals surface area contributed by atoms with E-state index in [9.17, 15) is 9.18 Å². The molecule has 206 valence electrons. The minimum absolute atomic E-state index is 0.331. The Labute approximate surface area is 222 Å². The summed E-state index contributed by atoms with van der Waals surface area (Å²) in [5.74, 6) is 0.0718. The average Bonchev–Trinajstić information content (AvgIpc) is 3.40. The fourth-order valence-corrected chi connectivity index (χ4v) is 4.22. The number of fused-ring (bicyclic) bond motifs is 1. The van der Waals surface area contributed by atoms with E-state index >= 15 is 0 Å². The second kappa shape index (κ2) is 16.0. The van der Waals surface area contributed by atoms with Crippen LogP contribution in [0.15, 0.2) is 48.7 Å². The van der Waals surface area contributed by atoms with E-state index in [0.29, 0.717) is 12.1 Å². The number of piperazine rings is 1. The maximum atomic E-state index is 13.8. The monoisotopic (exact) mass is 515 g/mol. The van der Waals surface area contributed by atoms with E-state index in [1.807, 2.05) is 33.9 Å². The number of methoxy groups -OCH3 is 1. The number of aromatic amines is 1. The van der Waals surface area contributed by atoms with Crippen LogP contribution in [-0.4, -0.2) is 71.4 Å². The lowest BCUT2D eigenvalue weighted by Gasteiger charge is -2.36. The summed E-state index contributed by atoms with van der Waals surface area (Å²) in [7, 11) is 1.73. The van der Waals surface area contributed by atoms with Crippen LogP contribution in [0.5, 0.6) is 5.75 Å². The SMILES string of the molecule is CC.CC.COc1cc(C)c2[nH]ccc2c1CN1CCN(CC(C)(C)F)CC1.O=C(O)c1ccccc1. The number of hydrogen-bond donors (Lipinski definition) is 2. The fourth-order valence-electron chi connectivity index (χ4n) is 4.22. The minimum Gasteiger partial charge on any atom is -0.496 e. The number of ether oxygens (including phenoxy) is 1. The van der Waals surface area contributed by atoms with Gasteiger partial charge in [0.15, 0.2) is 0 Å². The van der Waals surface area contributed by atoms with Crippen molar-refractivity contribution in [3.8, 4) is 5.75 Å². The molecule has 1 saturated heterocycles. The quantitative estimate of drug-likeness (QED) is 0.378. The molecule has 2 heterocycles. The first-order chi connectivity index (χ1) is 17.7. The molecule has 0 unspecified atom stereocenters. The first-order valence-electron chi connectivity index (χ1n) is 13.2. The standard InChI is InChI=1S/C19H28FN3O.C7H6O2.2C2H6/c1-14-11-17(24-4)16(15-5-6-21-18(14)15)12-22-7-9-23(10-8-22)13-19(2,3)20;8-7(9)6-4-2-1-3-5-6;2*1-2/h5-6,11,21H,7-10,12-13H2,1-4H3;1-5H,(H,8,9);2*1-2H3. The van der Waals surface area contributed by atoms with Gasteiger partial charge < -0.3 is 14.8 Å². The Bertz CT molecular complexity index is 1050. The van der Waals surface area contributed by atoms with E-state index in [-0.39, 0.29) is 0 Å². The number of carbonyl (C=O) groups is 1. The van der Waals surface area contributed by atoms with Crippen LogP contribution in [0, 0.1) is 6.92 Å². The van der Waals surface area contributed by atoms with Crippen molar-refractivity contribution >= 4 is 16.9 Å². The van der Waals surface area contributed by atoms with Gasteiger partial charge in [-0.05, 0) is 50.6 Å². The molecule has 37 heavy (non-hydrogen) atoms. The number of hydrogen-bond acceptors (Lipinski definition) is 4. The molecule has 2 N–H and O–H groups in total. The Morgan fingerprint density at radius 3 is 2.08 bits per heavy atom.